The van der Waals surface area contributed by atoms with Gasteiger partial charge in [-0.2, -0.15) is 12.6 Å². The highest BCUT2D eigenvalue weighted by Crippen LogP contribution is 2.44. The second kappa shape index (κ2) is 10.2. The van der Waals surface area contributed by atoms with E-state index >= 15 is 0 Å². The number of hydrogen-bond acceptors (Lipinski definition) is 5. The predicted octanol–water partition coefficient (Wildman–Crippen LogP) is 3.65. The summed E-state index contributed by atoms with van der Waals surface area (Å²) >= 11 is 4.00. The molecule has 4 N–H and O–H groups in total. The summed E-state index contributed by atoms with van der Waals surface area (Å²) in [6, 6.07) is 22.7. The lowest BCUT2D eigenvalue weighted by atomic mass is 9.76. The number of para-hydroxylation sites is 1. The predicted molar refractivity (Wildman–Crippen MR) is 144 cm³/mol. The highest BCUT2D eigenvalue weighted by Gasteiger charge is 2.52. The molecule has 0 radical (unpaired) electrons. The Morgan fingerprint density at radius 1 is 0.972 bits per heavy atom. The fourth-order valence-corrected chi connectivity index (χ4v) is 5.22. The van der Waals surface area contributed by atoms with Crippen LogP contribution in [0.25, 0.3) is 0 Å². The summed E-state index contributed by atoms with van der Waals surface area (Å²) in [5.74, 6) is 0.250. The molecular formula is C28H28N4O3S. The number of carbonyl (C=O) groups excluding carboxylic acids is 3. The zero-order valence-corrected chi connectivity index (χ0v) is 20.6. The highest BCUT2D eigenvalue weighted by atomic mass is 32.1. The first-order valence-corrected chi connectivity index (χ1v) is 12.7. The monoisotopic (exact) mass is 500 g/mol. The van der Waals surface area contributed by atoms with Gasteiger partial charge in [0.15, 0.2) is 5.54 Å². The summed E-state index contributed by atoms with van der Waals surface area (Å²) in [6.07, 6.45) is 1.80. The molecule has 2 unspecified atom stereocenters. The number of hydrogen-bond donors (Lipinski definition) is 5. The summed E-state index contributed by atoms with van der Waals surface area (Å²) in [4.78, 5) is 37.4. The van der Waals surface area contributed by atoms with Crippen LogP contribution in [0.5, 0.6) is 0 Å². The molecule has 7 nitrogen and oxygen atoms in total. The summed E-state index contributed by atoms with van der Waals surface area (Å²) in [5.41, 5.74) is 4.44. The maximum atomic E-state index is 13.3. The largest absolute Gasteiger partial charge is 0.336 e. The molecule has 0 fully saturated rings. The Hall–Kier alpha value is -3.62. The number of urea groups is 1. The molecule has 2 aliphatic rings. The van der Waals surface area contributed by atoms with Gasteiger partial charge in [0.25, 0.3) is 5.91 Å². The Bertz CT molecular complexity index is 1310. The molecule has 0 aliphatic carbocycles. The van der Waals surface area contributed by atoms with Gasteiger partial charge in [-0.15, -0.1) is 0 Å². The van der Waals surface area contributed by atoms with Crippen molar-refractivity contribution in [2.75, 3.05) is 22.9 Å². The van der Waals surface area contributed by atoms with E-state index in [9.17, 15) is 14.4 Å². The van der Waals surface area contributed by atoms with Gasteiger partial charge in [-0.05, 0) is 47.7 Å². The lowest BCUT2D eigenvalue weighted by Crippen LogP contribution is -2.60. The van der Waals surface area contributed by atoms with E-state index in [1.165, 1.54) is 0 Å². The molecule has 1 spiro atoms. The minimum atomic E-state index is -0.988. The van der Waals surface area contributed by atoms with Crippen LogP contribution < -0.4 is 21.3 Å². The van der Waals surface area contributed by atoms with E-state index in [1.54, 1.807) is 0 Å². The van der Waals surface area contributed by atoms with Gasteiger partial charge >= 0.3 is 6.03 Å². The Kier molecular flexibility index (Phi) is 6.80. The van der Waals surface area contributed by atoms with E-state index in [-0.39, 0.29) is 29.5 Å². The molecule has 5 rings (SSSR count). The van der Waals surface area contributed by atoms with Gasteiger partial charge in [0, 0.05) is 41.7 Å². The number of ketones is 1. The molecule has 2 heterocycles. The van der Waals surface area contributed by atoms with Crippen molar-refractivity contribution in [1.29, 1.82) is 0 Å². The highest BCUT2D eigenvalue weighted by molar-refractivity contribution is 7.81. The average molecular weight is 501 g/mol. The van der Waals surface area contributed by atoms with E-state index in [4.69, 9.17) is 0 Å². The first-order chi connectivity index (χ1) is 17.5. The third kappa shape index (κ3) is 4.62. The number of thiol groups is 1. The van der Waals surface area contributed by atoms with Gasteiger partial charge < -0.3 is 16.0 Å². The molecule has 0 bridgehead atoms. The number of anilines is 2. The normalized spacial score (nSPS) is 19.8. The lowest BCUT2D eigenvalue weighted by Gasteiger charge is -2.40. The number of fused-ring (bicyclic) bond motifs is 4. The van der Waals surface area contributed by atoms with Gasteiger partial charge in [0.05, 0.1) is 0 Å². The Balaban J connectivity index is 1.25. The van der Waals surface area contributed by atoms with Crippen molar-refractivity contribution in [2.24, 2.45) is 0 Å². The Labute approximate surface area is 215 Å². The van der Waals surface area contributed by atoms with Crippen LogP contribution in [0, 0.1) is 0 Å². The molecule has 3 aromatic rings. The molecule has 0 saturated heterocycles. The standard InChI is InChI=1S/C28H28N4O3S/c33-22(17-36)14-11-18-9-12-20(13-10-18)30-27(35)29-16-21-15-19-5-1-2-6-23(19)28(32-21)24-7-3-4-8-25(24)31-26(28)34/h1-10,12-13,21,32,36H,11,14-17H2,(H,31,34)(H2,29,30,35). The molecule has 0 aromatic heterocycles. The van der Waals surface area contributed by atoms with E-state index in [0.29, 0.717) is 31.5 Å². The van der Waals surface area contributed by atoms with Gasteiger partial charge in [0.2, 0.25) is 0 Å². The zero-order valence-electron chi connectivity index (χ0n) is 19.7. The van der Waals surface area contributed by atoms with Crippen molar-refractivity contribution >= 4 is 41.7 Å². The van der Waals surface area contributed by atoms with E-state index in [2.05, 4.69) is 33.9 Å². The Morgan fingerprint density at radius 2 is 1.69 bits per heavy atom. The van der Waals surface area contributed by atoms with Crippen LogP contribution >= 0.6 is 12.6 Å². The van der Waals surface area contributed by atoms with Crippen molar-refractivity contribution in [3.63, 3.8) is 0 Å². The zero-order chi connectivity index (χ0) is 25.1. The van der Waals surface area contributed by atoms with Gasteiger partial charge in [-0.25, -0.2) is 4.79 Å². The van der Waals surface area contributed by atoms with Crippen LogP contribution in [0.1, 0.15) is 28.7 Å². The van der Waals surface area contributed by atoms with Crippen molar-refractivity contribution in [2.45, 2.75) is 30.8 Å². The molecule has 184 valence electrons. The fraction of sp³-hybridized carbons (Fsp3) is 0.250. The summed E-state index contributed by atoms with van der Waals surface area (Å²) in [7, 11) is 0. The average Bonchev–Trinajstić information content (AvgIpc) is 3.18. The van der Waals surface area contributed by atoms with Crippen molar-refractivity contribution in [1.82, 2.24) is 10.6 Å². The summed E-state index contributed by atoms with van der Waals surface area (Å²) in [6.45, 7) is 0.348. The first-order valence-electron chi connectivity index (χ1n) is 12.0. The van der Waals surface area contributed by atoms with Crippen molar-refractivity contribution in [3.05, 3.63) is 95.1 Å². The second-order valence-corrected chi connectivity index (χ2v) is 9.50. The minimum Gasteiger partial charge on any atom is -0.336 e. The SMILES string of the molecule is O=C(CS)CCc1ccc(NC(=O)NCC2Cc3ccccc3C3(N2)C(=O)Nc2ccccc23)cc1. The molecule has 8 heteroatoms. The second-order valence-electron chi connectivity index (χ2n) is 9.18. The number of amides is 3. The van der Waals surface area contributed by atoms with Gasteiger partial charge in [-0.1, -0.05) is 54.6 Å². The van der Waals surface area contributed by atoms with Crippen LogP contribution in [0.3, 0.4) is 0 Å². The summed E-state index contributed by atoms with van der Waals surface area (Å²) < 4.78 is 0. The fourth-order valence-electron chi connectivity index (χ4n) is 5.06. The maximum absolute atomic E-state index is 13.3. The third-order valence-electron chi connectivity index (χ3n) is 6.82. The minimum absolute atomic E-state index is 0.110. The Morgan fingerprint density at radius 3 is 2.47 bits per heavy atom. The maximum Gasteiger partial charge on any atom is 0.319 e. The third-order valence-corrected chi connectivity index (χ3v) is 7.17. The van der Waals surface area contributed by atoms with Crippen molar-refractivity contribution < 1.29 is 14.4 Å². The van der Waals surface area contributed by atoms with Crippen LogP contribution in [0.2, 0.25) is 0 Å². The van der Waals surface area contributed by atoms with Gasteiger partial charge in [-0.3, -0.25) is 14.9 Å². The smallest absolute Gasteiger partial charge is 0.319 e. The van der Waals surface area contributed by atoms with Gasteiger partial charge in [0.1, 0.15) is 5.78 Å². The van der Waals surface area contributed by atoms with E-state index < -0.39 is 5.54 Å². The number of carbonyl (C=O) groups is 3. The summed E-state index contributed by atoms with van der Waals surface area (Å²) in [5, 5.41) is 12.4. The molecule has 2 aliphatic heterocycles. The van der Waals surface area contributed by atoms with Crippen LogP contribution in [-0.2, 0) is 28.0 Å². The first kappa shape index (κ1) is 24.1. The molecule has 36 heavy (non-hydrogen) atoms. The molecule has 3 aromatic carbocycles. The molecular weight excluding hydrogens is 472 g/mol. The van der Waals surface area contributed by atoms with Crippen LogP contribution in [0.4, 0.5) is 16.2 Å². The van der Waals surface area contributed by atoms with E-state index in [1.807, 2.05) is 72.8 Å². The van der Waals surface area contributed by atoms with Crippen LogP contribution in [-0.4, -0.2) is 36.1 Å². The number of nitrogens with one attached hydrogen (secondary N) is 4. The van der Waals surface area contributed by atoms with Crippen molar-refractivity contribution in [3.8, 4) is 0 Å². The molecule has 0 saturated carbocycles. The molecule has 3 amide bonds. The quantitative estimate of drug-likeness (QED) is 0.320. The lowest BCUT2D eigenvalue weighted by molar-refractivity contribution is -0.121. The van der Waals surface area contributed by atoms with E-state index in [0.717, 1.165) is 27.9 Å². The number of Topliss-reactive ketones (excluding diaryl/α,β-unsaturated/α-hetero) is 1. The topological polar surface area (TPSA) is 99.3 Å². The number of rotatable bonds is 7. The molecule has 2 atom stereocenters. The number of aryl methyl sites for hydroxylation is 1. The van der Waals surface area contributed by atoms with Crippen LogP contribution in [0.15, 0.2) is 72.8 Å². The number of benzene rings is 3.